The Morgan fingerprint density at radius 1 is 0.960 bits per heavy atom. The van der Waals surface area contributed by atoms with Gasteiger partial charge in [0, 0.05) is 38.3 Å². The van der Waals surface area contributed by atoms with Crippen molar-refractivity contribution in [1.29, 1.82) is 0 Å². The van der Waals surface area contributed by atoms with E-state index in [9.17, 15) is 0 Å². The summed E-state index contributed by atoms with van der Waals surface area (Å²) in [6, 6.07) is 17.2. The maximum absolute atomic E-state index is 2.41. The average molecular weight is 350 g/mol. The topological polar surface area (TPSA) is 7.12 Å². The molecule has 0 atom stereocenters. The Balaban J connectivity index is 1.77. The fourth-order valence-electron chi connectivity index (χ4n) is 2.82. The lowest BCUT2D eigenvalue weighted by atomic mass is 10.2. The highest BCUT2D eigenvalue weighted by atomic mass is 32.1. The van der Waals surface area contributed by atoms with Gasteiger partial charge < -0.3 is 4.90 Å². The Hall–Kier alpha value is -2.39. The van der Waals surface area contributed by atoms with Crippen molar-refractivity contribution in [3.05, 3.63) is 71.3 Å². The van der Waals surface area contributed by atoms with E-state index in [1.54, 1.807) is 0 Å². The van der Waals surface area contributed by atoms with E-state index in [1.807, 2.05) is 11.3 Å². The van der Waals surface area contributed by atoms with Crippen molar-refractivity contribution in [1.82, 2.24) is 0 Å². The zero-order valence-electron chi connectivity index (χ0n) is 15.1. The second kappa shape index (κ2) is 8.13. The number of aromatic nitrogens is 1. The molecule has 0 aliphatic heterocycles. The summed E-state index contributed by atoms with van der Waals surface area (Å²) in [5, 5.41) is 1.30. The molecule has 25 heavy (non-hydrogen) atoms. The van der Waals surface area contributed by atoms with Gasteiger partial charge in [-0.1, -0.05) is 60.8 Å². The molecule has 0 unspecified atom stereocenters. The van der Waals surface area contributed by atoms with E-state index in [1.165, 1.54) is 26.5 Å². The number of fused-ring (bicyclic) bond motifs is 1. The molecule has 0 aliphatic rings. The SMILES string of the molecule is CCC[n+]1c(/C=C/C=C/c2ccc(N(C)C)cc2)sc2ccccc21. The summed E-state index contributed by atoms with van der Waals surface area (Å²) in [5.41, 5.74) is 3.77. The van der Waals surface area contributed by atoms with Gasteiger partial charge >= 0.3 is 0 Å². The molecule has 128 valence electrons. The number of rotatable bonds is 6. The fourth-order valence-corrected chi connectivity index (χ4v) is 3.92. The van der Waals surface area contributed by atoms with E-state index < -0.39 is 0 Å². The van der Waals surface area contributed by atoms with Crippen LogP contribution in [0, 0.1) is 0 Å². The van der Waals surface area contributed by atoms with Crippen LogP contribution in [0.3, 0.4) is 0 Å². The molecule has 1 aromatic heterocycles. The zero-order valence-corrected chi connectivity index (χ0v) is 16.0. The predicted octanol–water partition coefficient (Wildman–Crippen LogP) is 5.39. The van der Waals surface area contributed by atoms with Crippen molar-refractivity contribution in [2.45, 2.75) is 19.9 Å². The van der Waals surface area contributed by atoms with E-state index >= 15 is 0 Å². The van der Waals surface area contributed by atoms with Crippen LogP contribution < -0.4 is 9.47 Å². The van der Waals surface area contributed by atoms with Crippen molar-refractivity contribution < 1.29 is 4.57 Å². The fraction of sp³-hybridized carbons (Fsp3) is 0.227. The summed E-state index contributed by atoms with van der Waals surface area (Å²) in [6.07, 6.45) is 9.75. The molecule has 0 saturated heterocycles. The molecule has 0 N–H and O–H groups in total. The lowest BCUT2D eigenvalue weighted by Crippen LogP contribution is -2.34. The Kier molecular flexibility index (Phi) is 5.67. The molecular formula is C22H25N2S+. The molecule has 0 radical (unpaired) electrons. The highest BCUT2D eigenvalue weighted by Crippen LogP contribution is 2.21. The first-order valence-corrected chi connectivity index (χ1v) is 9.54. The number of benzene rings is 2. The number of para-hydroxylation sites is 1. The minimum atomic E-state index is 1.05. The van der Waals surface area contributed by atoms with Gasteiger partial charge in [-0.15, -0.1) is 0 Å². The van der Waals surface area contributed by atoms with Gasteiger partial charge in [-0.3, -0.25) is 0 Å². The van der Waals surface area contributed by atoms with E-state index in [0.717, 1.165) is 13.0 Å². The van der Waals surface area contributed by atoms with E-state index in [2.05, 4.69) is 103 Å². The van der Waals surface area contributed by atoms with Gasteiger partial charge in [0.2, 0.25) is 5.52 Å². The standard InChI is InChI=1S/C22H25N2S/c1-4-17-24-20-10-6-7-11-21(20)25-22(24)12-8-5-9-18-13-15-19(16-14-18)23(2)3/h5-16H,4,17H2,1-3H3/q+1. The van der Waals surface area contributed by atoms with Gasteiger partial charge in [0.15, 0.2) is 0 Å². The summed E-state index contributed by atoms with van der Waals surface area (Å²) < 4.78 is 3.76. The van der Waals surface area contributed by atoms with E-state index in [-0.39, 0.29) is 0 Å². The molecule has 3 aromatic rings. The first kappa shape index (κ1) is 17.4. The number of allylic oxidation sites excluding steroid dienone is 2. The minimum absolute atomic E-state index is 1.05. The average Bonchev–Trinajstić information content (AvgIpc) is 2.97. The van der Waals surface area contributed by atoms with Crippen LogP contribution in [0.15, 0.2) is 60.7 Å². The van der Waals surface area contributed by atoms with Crippen LogP contribution in [0.2, 0.25) is 0 Å². The van der Waals surface area contributed by atoms with Crippen LogP contribution in [-0.2, 0) is 6.54 Å². The third-order valence-corrected chi connectivity index (χ3v) is 5.26. The molecule has 1 heterocycles. The lowest BCUT2D eigenvalue weighted by molar-refractivity contribution is -0.668. The van der Waals surface area contributed by atoms with Crippen molar-refractivity contribution in [2.75, 3.05) is 19.0 Å². The third-order valence-electron chi connectivity index (χ3n) is 4.13. The van der Waals surface area contributed by atoms with Crippen molar-refractivity contribution >= 4 is 39.4 Å². The first-order chi connectivity index (χ1) is 12.2. The quantitative estimate of drug-likeness (QED) is 0.427. The van der Waals surface area contributed by atoms with Gasteiger partial charge in [0.25, 0.3) is 5.01 Å². The van der Waals surface area contributed by atoms with Crippen LogP contribution in [-0.4, -0.2) is 14.1 Å². The highest BCUT2D eigenvalue weighted by Gasteiger charge is 2.16. The lowest BCUT2D eigenvalue weighted by Gasteiger charge is -2.11. The van der Waals surface area contributed by atoms with Crippen LogP contribution >= 0.6 is 11.3 Å². The second-order valence-corrected chi connectivity index (χ2v) is 7.33. The maximum Gasteiger partial charge on any atom is 0.262 e. The van der Waals surface area contributed by atoms with Gasteiger partial charge in [0.05, 0.1) is 0 Å². The molecule has 0 fully saturated rings. The Labute approximate surface area is 154 Å². The summed E-state index contributed by atoms with van der Waals surface area (Å²) >= 11 is 1.85. The summed E-state index contributed by atoms with van der Waals surface area (Å²) in [4.78, 5) is 2.11. The van der Waals surface area contributed by atoms with Crippen LogP contribution in [0.25, 0.3) is 22.4 Å². The molecule has 0 bridgehead atoms. The second-order valence-electron chi connectivity index (χ2n) is 6.26. The largest absolute Gasteiger partial charge is 0.378 e. The highest BCUT2D eigenvalue weighted by molar-refractivity contribution is 7.18. The molecule has 3 heteroatoms. The number of hydrogen-bond donors (Lipinski definition) is 0. The number of aryl methyl sites for hydroxylation is 1. The molecule has 3 rings (SSSR count). The normalized spacial score (nSPS) is 11.8. The Morgan fingerprint density at radius 2 is 1.68 bits per heavy atom. The predicted molar refractivity (Wildman–Crippen MR) is 111 cm³/mol. The van der Waals surface area contributed by atoms with E-state index in [4.69, 9.17) is 0 Å². The van der Waals surface area contributed by atoms with Crippen LogP contribution in [0.1, 0.15) is 23.9 Å². The van der Waals surface area contributed by atoms with Gasteiger partial charge in [0.1, 0.15) is 11.2 Å². The summed E-state index contributed by atoms with van der Waals surface area (Å²) in [7, 11) is 4.12. The minimum Gasteiger partial charge on any atom is -0.378 e. The monoisotopic (exact) mass is 349 g/mol. The molecular weight excluding hydrogens is 324 g/mol. The molecule has 0 spiro atoms. The van der Waals surface area contributed by atoms with Crippen molar-refractivity contribution in [3.63, 3.8) is 0 Å². The molecule has 0 saturated carbocycles. The molecule has 2 nitrogen and oxygen atoms in total. The molecule has 0 amide bonds. The Morgan fingerprint density at radius 3 is 2.40 bits per heavy atom. The van der Waals surface area contributed by atoms with Crippen molar-refractivity contribution in [3.8, 4) is 0 Å². The van der Waals surface area contributed by atoms with Crippen LogP contribution in [0.5, 0.6) is 0 Å². The van der Waals surface area contributed by atoms with Crippen molar-refractivity contribution in [2.24, 2.45) is 0 Å². The number of hydrogen-bond acceptors (Lipinski definition) is 2. The summed E-state index contributed by atoms with van der Waals surface area (Å²) in [6.45, 7) is 3.28. The number of thiazole rings is 1. The zero-order chi connectivity index (χ0) is 17.6. The first-order valence-electron chi connectivity index (χ1n) is 8.72. The molecule has 0 aliphatic carbocycles. The molecule has 2 aromatic carbocycles. The number of nitrogens with zero attached hydrogens (tertiary/aromatic N) is 2. The maximum atomic E-state index is 2.41. The smallest absolute Gasteiger partial charge is 0.262 e. The van der Waals surface area contributed by atoms with Crippen LogP contribution in [0.4, 0.5) is 5.69 Å². The number of anilines is 1. The van der Waals surface area contributed by atoms with Gasteiger partial charge in [-0.05, 0) is 23.8 Å². The Bertz CT molecular complexity index is 886. The van der Waals surface area contributed by atoms with E-state index in [0.29, 0.717) is 0 Å². The van der Waals surface area contributed by atoms with Gasteiger partial charge in [-0.2, -0.15) is 4.57 Å². The van der Waals surface area contributed by atoms with Gasteiger partial charge in [-0.25, -0.2) is 0 Å². The third kappa shape index (κ3) is 4.18. The summed E-state index contributed by atoms with van der Waals surface area (Å²) in [5.74, 6) is 0.